The number of aliphatic hydroxyl groups excluding tert-OH is 1. The van der Waals surface area contributed by atoms with E-state index in [-0.39, 0.29) is 46.7 Å². The maximum atomic E-state index is 13.6. The largest absolute Gasteiger partial charge is 0.503 e. The number of aliphatic hydroxyl groups is 1. The lowest BCUT2D eigenvalue weighted by Gasteiger charge is -2.25. The molecule has 1 N–H and O–H groups in total. The summed E-state index contributed by atoms with van der Waals surface area (Å²) in [5.74, 6) is -2.57. The van der Waals surface area contributed by atoms with Gasteiger partial charge in [-0.15, -0.1) is 0 Å². The predicted octanol–water partition coefficient (Wildman–Crippen LogP) is 6.63. The molecule has 0 saturated heterocycles. The van der Waals surface area contributed by atoms with Gasteiger partial charge < -0.3 is 5.11 Å². The number of anilines is 1. The molecule has 3 aromatic carbocycles. The molecule has 0 spiro atoms. The number of non-ortho nitro benzene ring substituents is 1. The van der Waals surface area contributed by atoms with Gasteiger partial charge in [0.05, 0.1) is 27.6 Å². The van der Waals surface area contributed by atoms with E-state index in [9.17, 15) is 33.2 Å². The molecule has 1 unspecified atom stereocenters. The summed E-state index contributed by atoms with van der Waals surface area (Å²) in [5, 5.41) is 22.5. The molecular formula is C26H14Cl3N3O7S2. The van der Waals surface area contributed by atoms with Crippen LogP contribution < -0.4 is 4.90 Å². The third-order valence-corrected chi connectivity index (χ3v) is 10.2. The number of ketones is 1. The molecule has 10 nitrogen and oxygen atoms in total. The molecule has 0 bridgehead atoms. The zero-order chi connectivity index (χ0) is 29.6. The van der Waals surface area contributed by atoms with Gasteiger partial charge in [-0.1, -0.05) is 52.2 Å². The predicted molar refractivity (Wildman–Crippen MR) is 153 cm³/mol. The number of hydrogen-bond donors (Lipinski definition) is 1. The van der Waals surface area contributed by atoms with Crippen LogP contribution in [-0.2, 0) is 14.6 Å². The number of aromatic nitrogens is 1. The molecular weight excluding hydrogens is 637 g/mol. The number of sulfone groups is 1. The Labute approximate surface area is 251 Å². The molecule has 1 amide bonds. The van der Waals surface area contributed by atoms with Crippen LogP contribution in [0, 0.1) is 10.1 Å². The fourth-order valence-corrected chi connectivity index (χ4v) is 7.34. The van der Waals surface area contributed by atoms with Gasteiger partial charge in [0.15, 0.2) is 16.7 Å². The third-order valence-electron chi connectivity index (χ3n) is 6.12. The van der Waals surface area contributed by atoms with Crippen molar-refractivity contribution in [3.63, 3.8) is 0 Å². The van der Waals surface area contributed by atoms with Gasteiger partial charge in [-0.2, -0.15) is 0 Å². The molecule has 208 valence electrons. The number of nitro benzene ring substituents is 1. The third kappa shape index (κ3) is 5.20. The second-order valence-electron chi connectivity index (χ2n) is 8.56. The molecule has 0 aliphatic carbocycles. The van der Waals surface area contributed by atoms with E-state index in [4.69, 9.17) is 34.8 Å². The monoisotopic (exact) mass is 649 g/mol. The summed E-state index contributed by atoms with van der Waals surface area (Å²) in [7, 11) is -4.20. The van der Waals surface area contributed by atoms with Gasteiger partial charge in [0.1, 0.15) is 4.21 Å². The van der Waals surface area contributed by atoms with Crippen molar-refractivity contribution in [2.75, 3.05) is 4.90 Å². The molecule has 1 atom stereocenters. The standard InChI is InChI=1S/C26H14Cl3N3O7S2/c27-14-3-1-13(2-4-14)23(33)21-22(18-10-5-15(28)11-19(18)29)31(25(35)24(21)34)26-30-12-20(40-26)41(38,39)17-8-6-16(7-9-17)32(36)37/h1-12,22,34H. The number of nitro groups is 1. The van der Waals surface area contributed by atoms with Gasteiger partial charge in [-0.05, 0) is 54.1 Å². The molecule has 4 aromatic rings. The van der Waals surface area contributed by atoms with E-state index in [0.29, 0.717) is 16.4 Å². The minimum Gasteiger partial charge on any atom is -0.503 e. The van der Waals surface area contributed by atoms with Crippen molar-refractivity contribution in [2.45, 2.75) is 15.1 Å². The van der Waals surface area contributed by atoms with Crippen LogP contribution in [0.1, 0.15) is 22.0 Å². The number of thiazole rings is 1. The van der Waals surface area contributed by atoms with Gasteiger partial charge >= 0.3 is 0 Å². The van der Waals surface area contributed by atoms with Crippen LogP contribution in [0.25, 0.3) is 0 Å². The smallest absolute Gasteiger partial charge is 0.296 e. The fraction of sp³-hybridized carbons (Fsp3) is 0.0385. The van der Waals surface area contributed by atoms with Gasteiger partial charge in [-0.3, -0.25) is 24.6 Å². The number of halogens is 3. The summed E-state index contributed by atoms with van der Waals surface area (Å²) < 4.78 is 26.2. The highest BCUT2D eigenvalue weighted by Crippen LogP contribution is 2.46. The summed E-state index contributed by atoms with van der Waals surface area (Å²) in [6, 6.07) is 13.1. The van der Waals surface area contributed by atoms with Crippen LogP contribution in [0.3, 0.4) is 0 Å². The molecule has 1 aliphatic rings. The Morgan fingerprint density at radius 2 is 1.63 bits per heavy atom. The Morgan fingerprint density at radius 1 is 1.00 bits per heavy atom. The van der Waals surface area contributed by atoms with E-state index in [2.05, 4.69) is 4.98 Å². The second kappa shape index (κ2) is 10.9. The van der Waals surface area contributed by atoms with Crippen LogP contribution in [0.15, 0.2) is 93.4 Å². The van der Waals surface area contributed by atoms with Crippen molar-refractivity contribution in [3.05, 3.63) is 121 Å². The van der Waals surface area contributed by atoms with E-state index < -0.39 is 38.3 Å². The number of hydrogen-bond acceptors (Lipinski definition) is 9. The summed E-state index contributed by atoms with van der Waals surface area (Å²) in [5.41, 5.74) is -0.253. The quantitative estimate of drug-likeness (QED) is 0.133. The van der Waals surface area contributed by atoms with Crippen molar-refractivity contribution in [1.29, 1.82) is 0 Å². The van der Waals surface area contributed by atoms with E-state index in [1.54, 1.807) is 0 Å². The van der Waals surface area contributed by atoms with E-state index in [1.165, 1.54) is 42.5 Å². The highest BCUT2D eigenvalue weighted by molar-refractivity contribution is 7.93. The van der Waals surface area contributed by atoms with Crippen LogP contribution in [0.2, 0.25) is 15.1 Å². The van der Waals surface area contributed by atoms with Crippen molar-refractivity contribution in [1.82, 2.24) is 4.98 Å². The number of benzene rings is 3. The lowest BCUT2D eigenvalue weighted by molar-refractivity contribution is -0.384. The van der Waals surface area contributed by atoms with Gasteiger partial charge in [0.25, 0.3) is 11.6 Å². The molecule has 0 fully saturated rings. The summed E-state index contributed by atoms with van der Waals surface area (Å²) >= 11 is 19.1. The number of nitrogens with zero attached hydrogens (tertiary/aromatic N) is 3. The van der Waals surface area contributed by atoms with Crippen LogP contribution >= 0.6 is 46.1 Å². The first-order valence-electron chi connectivity index (χ1n) is 11.4. The zero-order valence-corrected chi connectivity index (χ0v) is 24.1. The van der Waals surface area contributed by atoms with Gasteiger partial charge in [0.2, 0.25) is 9.84 Å². The average molecular weight is 651 g/mol. The van der Waals surface area contributed by atoms with Crippen molar-refractivity contribution in [3.8, 4) is 0 Å². The second-order valence-corrected chi connectivity index (χ2v) is 13.0. The number of carbonyl (C=O) groups is 2. The van der Waals surface area contributed by atoms with E-state index in [0.717, 1.165) is 35.4 Å². The highest BCUT2D eigenvalue weighted by atomic mass is 35.5. The molecule has 5 rings (SSSR count). The average Bonchev–Trinajstić information content (AvgIpc) is 3.52. The fourth-order valence-electron chi connectivity index (χ4n) is 4.16. The Hall–Kier alpha value is -3.81. The first-order valence-corrected chi connectivity index (χ1v) is 14.8. The van der Waals surface area contributed by atoms with Gasteiger partial charge in [0, 0.05) is 32.8 Å². The molecule has 0 saturated carbocycles. The first-order chi connectivity index (χ1) is 19.4. The molecule has 2 heterocycles. The molecule has 1 aliphatic heterocycles. The maximum absolute atomic E-state index is 13.6. The number of carbonyl (C=O) groups excluding carboxylic acids is 2. The summed E-state index contributed by atoms with van der Waals surface area (Å²) in [4.78, 5) is 42.2. The van der Waals surface area contributed by atoms with E-state index in [1.807, 2.05) is 0 Å². The molecule has 1 aromatic heterocycles. The Balaban J connectivity index is 1.61. The molecule has 0 radical (unpaired) electrons. The lowest BCUT2D eigenvalue weighted by Crippen LogP contribution is -2.31. The van der Waals surface area contributed by atoms with Crippen molar-refractivity contribution >= 4 is 78.5 Å². The minimum absolute atomic E-state index is 0.0756. The van der Waals surface area contributed by atoms with Crippen LogP contribution in [0.4, 0.5) is 10.8 Å². The van der Waals surface area contributed by atoms with Gasteiger partial charge in [-0.25, -0.2) is 13.4 Å². The number of Topliss-reactive ketones (excluding diaryl/α,β-unsaturated/α-hetero) is 1. The SMILES string of the molecule is O=C(C1=C(O)C(=O)N(c2ncc(S(=O)(=O)c3ccc([N+](=O)[O-])cc3)s2)C1c1ccc(Cl)cc1Cl)c1ccc(Cl)cc1. The Bertz CT molecular complexity index is 1870. The number of amides is 1. The maximum Gasteiger partial charge on any atom is 0.296 e. The van der Waals surface area contributed by atoms with Crippen LogP contribution in [0.5, 0.6) is 0 Å². The lowest BCUT2D eigenvalue weighted by atomic mass is 9.93. The highest BCUT2D eigenvalue weighted by Gasteiger charge is 2.47. The molecule has 15 heteroatoms. The summed E-state index contributed by atoms with van der Waals surface area (Å²) in [6.45, 7) is 0. The first kappa shape index (κ1) is 28.7. The minimum atomic E-state index is -4.20. The molecule has 41 heavy (non-hydrogen) atoms. The van der Waals surface area contributed by atoms with Crippen LogP contribution in [-0.4, -0.2) is 35.1 Å². The van der Waals surface area contributed by atoms with Crippen molar-refractivity contribution < 1.29 is 28.0 Å². The Kier molecular flexibility index (Phi) is 7.62. The van der Waals surface area contributed by atoms with Crippen molar-refractivity contribution in [2.24, 2.45) is 0 Å². The Morgan fingerprint density at radius 3 is 2.24 bits per heavy atom. The summed E-state index contributed by atoms with van der Waals surface area (Å²) in [6.07, 6.45) is 1.01. The normalized spacial score (nSPS) is 15.4. The zero-order valence-electron chi connectivity index (χ0n) is 20.2. The number of rotatable bonds is 7. The topological polar surface area (TPSA) is 148 Å². The van der Waals surface area contributed by atoms with E-state index >= 15 is 0 Å².